The van der Waals surface area contributed by atoms with Crippen molar-refractivity contribution in [2.24, 2.45) is 5.14 Å². The quantitative estimate of drug-likeness (QED) is 0.689. The first-order chi connectivity index (χ1) is 12.7. The van der Waals surface area contributed by atoms with Crippen LogP contribution in [0.25, 0.3) is 11.5 Å². The van der Waals surface area contributed by atoms with Crippen molar-refractivity contribution >= 4 is 15.9 Å². The number of nitrogens with two attached hydrogens (primary N) is 1. The summed E-state index contributed by atoms with van der Waals surface area (Å²) >= 11 is 0. The topological polar surface area (TPSA) is 128 Å². The number of hydrogen-bond acceptors (Lipinski definition) is 6. The summed E-state index contributed by atoms with van der Waals surface area (Å²) < 4.78 is 28.2. The zero-order valence-corrected chi connectivity index (χ0v) is 15.6. The van der Waals surface area contributed by atoms with Crippen molar-refractivity contribution in [1.29, 1.82) is 0 Å². The first-order valence-corrected chi connectivity index (χ1v) is 9.60. The molecule has 8 nitrogen and oxygen atoms in total. The molecule has 27 heavy (non-hydrogen) atoms. The molecule has 3 aromatic rings. The molecule has 0 radical (unpaired) electrons. The van der Waals surface area contributed by atoms with Crippen LogP contribution in [0.4, 0.5) is 0 Å². The summed E-state index contributed by atoms with van der Waals surface area (Å²) in [6.07, 6.45) is 0. The van der Waals surface area contributed by atoms with E-state index in [-0.39, 0.29) is 17.3 Å². The highest BCUT2D eigenvalue weighted by Gasteiger charge is 2.12. The number of amides is 1. The number of carbonyl (C=O) groups excluding carboxylic acids is 1. The van der Waals surface area contributed by atoms with Gasteiger partial charge in [0.2, 0.25) is 21.8 Å². The molecule has 0 saturated carbocycles. The van der Waals surface area contributed by atoms with E-state index in [2.05, 4.69) is 15.5 Å². The van der Waals surface area contributed by atoms with Crippen molar-refractivity contribution in [1.82, 2.24) is 15.5 Å². The van der Waals surface area contributed by atoms with E-state index in [0.29, 0.717) is 22.9 Å². The van der Waals surface area contributed by atoms with Crippen molar-refractivity contribution in [3.63, 3.8) is 0 Å². The Balaban J connectivity index is 1.66. The number of carbonyl (C=O) groups is 1. The second-order valence-electron chi connectivity index (χ2n) is 6.03. The molecule has 1 aromatic heterocycles. The Hall–Kier alpha value is -3.04. The highest BCUT2D eigenvalue weighted by molar-refractivity contribution is 7.89. The van der Waals surface area contributed by atoms with E-state index in [1.54, 1.807) is 50.2 Å². The number of benzene rings is 2. The monoisotopic (exact) mass is 386 g/mol. The van der Waals surface area contributed by atoms with E-state index in [1.165, 1.54) is 6.07 Å². The molecule has 9 heteroatoms. The second-order valence-corrected chi connectivity index (χ2v) is 7.56. The highest BCUT2D eigenvalue weighted by Crippen LogP contribution is 2.18. The zero-order chi connectivity index (χ0) is 19.6. The predicted molar refractivity (Wildman–Crippen MR) is 98.2 cm³/mol. The Morgan fingerprint density at radius 1 is 1.11 bits per heavy atom. The maximum absolute atomic E-state index is 12.3. The molecule has 0 aliphatic carbocycles. The van der Waals surface area contributed by atoms with Crippen molar-refractivity contribution < 1.29 is 17.6 Å². The van der Waals surface area contributed by atoms with Gasteiger partial charge in [-0.15, -0.1) is 10.2 Å². The molecule has 0 unspecified atom stereocenters. The van der Waals surface area contributed by atoms with Crippen LogP contribution >= 0.6 is 0 Å². The summed E-state index contributed by atoms with van der Waals surface area (Å²) in [5, 5.41) is 15.6. The van der Waals surface area contributed by atoms with Gasteiger partial charge in [-0.3, -0.25) is 4.79 Å². The second kappa shape index (κ2) is 7.29. The third-order valence-electron chi connectivity index (χ3n) is 3.92. The molecule has 0 saturated heterocycles. The minimum Gasteiger partial charge on any atom is -0.421 e. The fourth-order valence-electron chi connectivity index (χ4n) is 2.60. The van der Waals surface area contributed by atoms with E-state index < -0.39 is 10.0 Å². The van der Waals surface area contributed by atoms with Gasteiger partial charge in [-0.25, -0.2) is 13.6 Å². The summed E-state index contributed by atoms with van der Waals surface area (Å²) in [6.45, 7) is 3.62. The van der Waals surface area contributed by atoms with Crippen molar-refractivity contribution in [3.8, 4) is 11.5 Å². The number of aromatic nitrogens is 2. The third-order valence-corrected chi connectivity index (χ3v) is 4.99. The molecule has 0 atom stereocenters. The molecule has 0 aliphatic heterocycles. The zero-order valence-electron chi connectivity index (χ0n) is 14.8. The lowest BCUT2D eigenvalue weighted by atomic mass is 10.1. The molecule has 0 spiro atoms. The fourth-order valence-corrected chi connectivity index (χ4v) is 3.37. The SMILES string of the molecule is Cc1nnc(-c2ccc(C(=O)NCc3ccc(S(N)(=O)=O)c(C)c3)cc2)o1. The molecular weight excluding hydrogens is 368 g/mol. The van der Waals surface area contributed by atoms with Gasteiger partial charge in [0.25, 0.3) is 5.91 Å². The molecule has 140 valence electrons. The van der Waals surface area contributed by atoms with Gasteiger partial charge in [0.1, 0.15) is 0 Å². The average molecular weight is 386 g/mol. The Morgan fingerprint density at radius 2 is 1.81 bits per heavy atom. The summed E-state index contributed by atoms with van der Waals surface area (Å²) in [6, 6.07) is 11.5. The van der Waals surface area contributed by atoms with Gasteiger partial charge in [-0.1, -0.05) is 12.1 Å². The van der Waals surface area contributed by atoms with Gasteiger partial charge < -0.3 is 9.73 Å². The highest BCUT2D eigenvalue weighted by atomic mass is 32.2. The number of aryl methyl sites for hydroxylation is 2. The number of sulfonamides is 1. The van der Waals surface area contributed by atoms with Gasteiger partial charge in [0.05, 0.1) is 4.90 Å². The summed E-state index contributed by atoms with van der Waals surface area (Å²) in [5.74, 6) is 0.608. The van der Waals surface area contributed by atoms with Crippen LogP contribution in [0.1, 0.15) is 27.4 Å². The smallest absolute Gasteiger partial charge is 0.251 e. The summed E-state index contributed by atoms with van der Waals surface area (Å²) in [7, 11) is -3.75. The minimum absolute atomic E-state index is 0.0735. The van der Waals surface area contributed by atoms with Crippen LogP contribution < -0.4 is 10.5 Å². The first-order valence-electron chi connectivity index (χ1n) is 8.05. The first kappa shape index (κ1) is 18.7. The molecule has 0 fully saturated rings. The van der Waals surface area contributed by atoms with Gasteiger partial charge in [-0.05, 0) is 48.4 Å². The molecule has 3 rings (SSSR count). The maximum atomic E-state index is 12.3. The predicted octanol–water partition coefficient (Wildman–Crippen LogP) is 1.93. The largest absolute Gasteiger partial charge is 0.421 e. The molecule has 1 amide bonds. The number of nitrogens with zero attached hydrogens (tertiary/aromatic N) is 2. The van der Waals surface area contributed by atoms with Gasteiger partial charge >= 0.3 is 0 Å². The van der Waals surface area contributed by atoms with Gasteiger partial charge in [0, 0.05) is 24.6 Å². The van der Waals surface area contributed by atoms with Crippen molar-refractivity contribution in [2.75, 3.05) is 0 Å². The molecule has 0 aliphatic rings. The lowest BCUT2D eigenvalue weighted by Gasteiger charge is -2.09. The number of hydrogen-bond donors (Lipinski definition) is 2. The van der Waals surface area contributed by atoms with E-state index in [9.17, 15) is 13.2 Å². The standard InChI is InChI=1S/C18H18N4O4S/c1-11-9-13(3-8-16(11)27(19,24)25)10-20-17(23)14-4-6-15(7-5-14)18-22-21-12(2)26-18/h3-9H,10H2,1-2H3,(H,20,23)(H2,19,24,25). The van der Waals surface area contributed by atoms with Crippen LogP contribution in [0.2, 0.25) is 0 Å². The Kier molecular flexibility index (Phi) is 5.06. The lowest BCUT2D eigenvalue weighted by molar-refractivity contribution is 0.0951. The van der Waals surface area contributed by atoms with Crippen LogP contribution in [-0.4, -0.2) is 24.5 Å². The Morgan fingerprint density at radius 3 is 2.37 bits per heavy atom. The van der Waals surface area contributed by atoms with E-state index in [4.69, 9.17) is 9.56 Å². The van der Waals surface area contributed by atoms with Crippen LogP contribution in [0.3, 0.4) is 0 Å². The average Bonchev–Trinajstić information content (AvgIpc) is 3.05. The fraction of sp³-hybridized carbons (Fsp3) is 0.167. The number of nitrogens with one attached hydrogen (secondary N) is 1. The van der Waals surface area contributed by atoms with Crippen LogP contribution in [0.15, 0.2) is 51.8 Å². The van der Waals surface area contributed by atoms with E-state index in [1.807, 2.05) is 0 Å². The Labute approximate surface area is 156 Å². The van der Waals surface area contributed by atoms with Crippen LogP contribution in [0, 0.1) is 13.8 Å². The van der Waals surface area contributed by atoms with Crippen molar-refractivity contribution in [2.45, 2.75) is 25.3 Å². The maximum Gasteiger partial charge on any atom is 0.251 e. The molecular formula is C18H18N4O4S. The third kappa shape index (κ3) is 4.39. The molecule has 0 bridgehead atoms. The molecule has 3 N–H and O–H groups in total. The Bertz CT molecular complexity index is 1090. The summed E-state index contributed by atoms with van der Waals surface area (Å²) in [4.78, 5) is 12.4. The van der Waals surface area contributed by atoms with Gasteiger partial charge in [0.15, 0.2) is 0 Å². The molecule has 2 aromatic carbocycles. The molecule has 1 heterocycles. The number of primary sulfonamides is 1. The summed E-state index contributed by atoms with van der Waals surface area (Å²) in [5.41, 5.74) is 2.50. The normalized spacial score (nSPS) is 11.4. The lowest BCUT2D eigenvalue weighted by Crippen LogP contribution is -2.23. The van der Waals surface area contributed by atoms with Crippen molar-refractivity contribution in [3.05, 3.63) is 65.0 Å². The van der Waals surface area contributed by atoms with Crippen LogP contribution in [0.5, 0.6) is 0 Å². The van der Waals surface area contributed by atoms with Gasteiger partial charge in [-0.2, -0.15) is 0 Å². The van der Waals surface area contributed by atoms with E-state index >= 15 is 0 Å². The number of rotatable bonds is 5. The minimum atomic E-state index is -3.75. The van der Waals surface area contributed by atoms with E-state index in [0.717, 1.165) is 11.1 Å². The van der Waals surface area contributed by atoms with Crippen LogP contribution in [-0.2, 0) is 16.6 Å².